The predicted molar refractivity (Wildman–Crippen MR) is 89.6 cm³/mol. The third-order valence-electron chi connectivity index (χ3n) is 4.33. The summed E-state index contributed by atoms with van der Waals surface area (Å²) in [5.74, 6) is 3.00. The summed E-state index contributed by atoms with van der Waals surface area (Å²) in [7, 11) is 0. The summed E-state index contributed by atoms with van der Waals surface area (Å²) in [5, 5.41) is 3.51. The predicted octanol–water partition coefficient (Wildman–Crippen LogP) is 4.26. The fourth-order valence-electron chi connectivity index (χ4n) is 2.51. The molecule has 3 N–H and O–H groups in total. The Bertz CT molecular complexity index is 478. The first-order valence-electron chi connectivity index (χ1n) is 8.31. The van der Waals surface area contributed by atoms with E-state index in [0.717, 1.165) is 23.8 Å². The number of nitrogens with one attached hydrogen (secondary N) is 1. The van der Waals surface area contributed by atoms with Crippen LogP contribution in [-0.4, -0.2) is 16.5 Å². The first kappa shape index (κ1) is 16.1. The number of hydrogen-bond acceptors (Lipinski definition) is 4. The Hall–Kier alpha value is -1.32. The van der Waals surface area contributed by atoms with Gasteiger partial charge < -0.3 is 11.1 Å². The maximum absolute atomic E-state index is 6.03. The highest BCUT2D eigenvalue weighted by molar-refractivity contribution is 5.55. The second-order valence-corrected chi connectivity index (χ2v) is 7.19. The molecule has 0 bridgehead atoms. The lowest BCUT2D eigenvalue weighted by Gasteiger charge is -2.26. The third kappa shape index (κ3) is 4.58. The summed E-state index contributed by atoms with van der Waals surface area (Å²) in [6, 6.07) is 0. The van der Waals surface area contributed by atoms with E-state index in [4.69, 9.17) is 10.7 Å². The summed E-state index contributed by atoms with van der Waals surface area (Å²) in [6.07, 6.45) is 7.52. The maximum atomic E-state index is 6.03. The minimum absolute atomic E-state index is 0.279. The lowest BCUT2D eigenvalue weighted by molar-refractivity contribution is 0.342. The first-order valence-corrected chi connectivity index (χ1v) is 8.31. The van der Waals surface area contributed by atoms with Gasteiger partial charge in [0, 0.05) is 18.0 Å². The number of unbranched alkanes of at least 4 members (excludes halogenated alkanes) is 2. The van der Waals surface area contributed by atoms with E-state index in [2.05, 4.69) is 31.1 Å². The van der Waals surface area contributed by atoms with Crippen LogP contribution in [0, 0.1) is 12.3 Å². The molecular weight excluding hydrogens is 260 g/mol. The minimum Gasteiger partial charge on any atom is -0.383 e. The molecule has 21 heavy (non-hydrogen) atoms. The van der Waals surface area contributed by atoms with Crippen molar-refractivity contribution in [3.8, 4) is 0 Å². The van der Waals surface area contributed by atoms with E-state index in [9.17, 15) is 0 Å². The Morgan fingerprint density at radius 3 is 2.57 bits per heavy atom. The van der Waals surface area contributed by atoms with E-state index in [1.54, 1.807) is 0 Å². The van der Waals surface area contributed by atoms with E-state index in [-0.39, 0.29) is 5.41 Å². The molecule has 0 radical (unpaired) electrons. The lowest BCUT2D eigenvalue weighted by Crippen LogP contribution is -2.24. The minimum atomic E-state index is 0.279. The molecule has 4 nitrogen and oxygen atoms in total. The molecule has 4 heteroatoms. The Morgan fingerprint density at radius 1 is 1.24 bits per heavy atom. The molecule has 1 saturated carbocycles. The molecule has 0 unspecified atom stereocenters. The van der Waals surface area contributed by atoms with Gasteiger partial charge in [-0.25, -0.2) is 9.97 Å². The van der Waals surface area contributed by atoms with Crippen LogP contribution in [-0.2, 0) is 0 Å². The van der Waals surface area contributed by atoms with Crippen LogP contribution < -0.4 is 11.1 Å². The zero-order chi connectivity index (χ0) is 15.5. The molecule has 1 fully saturated rings. The van der Waals surface area contributed by atoms with Crippen LogP contribution in [0.3, 0.4) is 0 Å². The van der Waals surface area contributed by atoms with Crippen molar-refractivity contribution in [2.45, 2.75) is 72.1 Å². The summed E-state index contributed by atoms with van der Waals surface area (Å²) >= 11 is 0. The molecule has 1 heterocycles. The number of aromatic nitrogens is 2. The lowest BCUT2D eigenvalue weighted by atomic mass is 9.87. The van der Waals surface area contributed by atoms with Crippen LogP contribution >= 0.6 is 0 Å². The zero-order valence-electron chi connectivity index (χ0n) is 14.0. The molecule has 0 spiro atoms. The second kappa shape index (κ2) is 6.63. The van der Waals surface area contributed by atoms with Gasteiger partial charge in [-0.3, -0.25) is 0 Å². The number of nitrogen functional groups attached to an aromatic ring is 1. The van der Waals surface area contributed by atoms with Crippen molar-refractivity contribution in [1.29, 1.82) is 0 Å². The van der Waals surface area contributed by atoms with Crippen molar-refractivity contribution in [2.75, 3.05) is 17.6 Å². The van der Waals surface area contributed by atoms with E-state index in [1.165, 1.54) is 38.5 Å². The van der Waals surface area contributed by atoms with Gasteiger partial charge in [0.1, 0.15) is 17.5 Å². The van der Waals surface area contributed by atoms with Crippen molar-refractivity contribution >= 4 is 11.6 Å². The smallest absolute Gasteiger partial charge is 0.136 e. The summed E-state index contributed by atoms with van der Waals surface area (Å²) in [6.45, 7) is 9.81. The van der Waals surface area contributed by atoms with Gasteiger partial charge in [-0.1, -0.05) is 40.0 Å². The Balaban J connectivity index is 1.98. The molecule has 1 aromatic heterocycles. The quantitative estimate of drug-likeness (QED) is 0.702. The van der Waals surface area contributed by atoms with E-state index in [0.29, 0.717) is 11.7 Å². The average molecular weight is 290 g/mol. The second-order valence-electron chi connectivity index (χ2n) is 7.19. The van der Waals surface area contributed by atoms with Gasteiger partial charge >= 0.3 is 0 Å². The molecule has 0 aromatic carbocycles. The van der Waals surface area contributed by atoms with Crippen molar-refractivity contribution in [3.05, 3.63) is 11.4 Å². The van der Waals surface area contributed by atoms with E-state index < -0.39 is 0 Å². The Morgan fingerprint density at radius 2 is 1.95 bits per heavy atom. The van der Waals surface area contributed by atoms with E-state index in [1.807, 2.05) is 6.92 Å². The average Bonchev–Trinajstić information content (AvgIpc) is 3.25. The van der Waals surface area contributed by atoms with Gasteiger partial charge in [-0.05, 0) is 31.6 Å². The zero-order valence-corrected chi connectivity index (χ0v) is 14.0. The van der Waals surface area contributed by atoms with Crippen LogP contribution in [0.5, 0.6) is 0 Å². The molecule has 0 aliphatic heterocycles. The largest absolute Gasteiger partial charge is 0.383 e. The van der Waals surface area contributed by atoms with Crippen molar-refractivity contribution in [3.63, 3.8) is 0 Å². The molecule has 1 aromatic rings. The molecule has 1 aliphatic rings. The molecule has 0 saturated heterocycles. The fraction of sp³-hybridized carbons (Fsp3) is 0.765. The highest BCUT2D eigenvalue weighted by Crippen LogP contribution is 2.39. The van der Waals surface area contributed by atoms with Crippen LogP contribution in [0.15, 0.2) is 0 Å². The van der Waals surface area contributed by atoms with Gasteiger partial charge in [0.15, 0.2) is 0 Å². The van der Waals surface area contributed by atoms with Crippen LogP contribution in [0.25, 0.3) is 0 Å². The van der Waals surface area contributed by atoms with Crippen molar-refractivity contribution in [1.82, 2.24) is 9.97 Å². The first-order chi connectivity index (χ1) is 9.93. The maximum Gasteiger partial charge on any atom is 0.136 e. The number of rotatable bonds is 8. The Kier molecular flexibility index (Phi) is 5.07. The highest BCUT2D eigenvalue weighted by Gasteiger charge is 2.28. The molecule has 0 atom stereocenters. The summed E-state index contributed by atoms with van der Waals surface area (Å²) in [5.41, 5.74) is 7.29. The van der Waals surface area contributed by atoms with Gasteiger partial charge in [0.25, 0.3) is 0 Å². The van der Waals surface area contributed by atoms with Gasteiger partial charge in [-0.15, -0.1) is 0 Å². The molecule has 0 amide bonds. The summed E-state index contributed by atoms with van der Waals surface area (Å²) < 4.78 is 0. The van der Waals surface area contributed by atoms with Crippen molar-refractivity contribution < 1.29 is 0 Å². The molecule has 118 valence electrons. The third-order valence-corrected chi connectivity index (χ3v) is 4.33. The summed E-state index contributed by atoms with van der Waals surface area (Å²) in [4.78, 5) is 9.12. The van der Waals surface area contributed by atoms with Gasteiger partial charge in [0.2, 0.25) is 0 Å². The number of anilines is 2. The van der Waals surface area contributed by atoms with E-state index >= 15 is 0 Å². The number of nitrogens with zero attached hydrogens (tertiary/aromatic N) is 2. The van der Waals surface area contributed by atoms with Gasteiger partial charge in [0.05, 0.1) is 0 Å². The number of hydrogen-bond donors (Lipinski definition) is 2. The fourth-order valence-corrected chi connectivity index (χ4v) is 2.51. The molecule has 1 aliphatic carbocycles. The van der Waals surface area contributed by atoms with Crippen molar-refractivity contribution in [2.24, 2.45) is 5.41 Å². The SMILES string of the molecule is CCCCCC(C)(C)CNc1nc(C2CC2)nc(N)c1C. The molecular formula is C17H30N4. The Labute approximate surface area is 128 Å². The number of nitrogens with two attached hydrogens (primary N) is 1. The standard InChI is InChI=1S/C17H30N4/c1-5-6-7-10-17(3,4)11-19-15-12(2)14(18)20-16(21-15)13-8-9-13/h13H,5-11H2,1-4H3,(H3,18,19,20,21). The monoisotopic (exact) mass is 290 g/mol. The molecule has 2 rings (SSSR count). The van der Waals surface area contributed by atoms with Crippen LogP contribution in [0.2, 0.25) is 0 Å². The van der Waals surface area contributed by atoms with Crippen LogP contribution in [0.1, 0.15) is 76.6 Å². The van der Waals surface area contributed by atoms with Gasteiger partial charge in [-0.2, -0.15) is 0 Å². The normalized spacial score (nSPS) is 15.2. The highest BCUT2D eigenvalue weighted by atomic mass is 15.1. The van der Waals surface area contributed by atoms with Crippen LogP contribution in [0.4, 0.5) is 11.6 Å². The topological polar surface area (TPSA) is 63.8 Å².